The predicted molar refractivity (Wildman–Crippen MR) is 71.0 cm³/mol. The van der Waals surface area contributed by atoms with Crippen molar-refractivity contribution in [2.24, 2.45) is 0 Å². The van der Waals surface area contributed by atoms with Gasteiger partial charge in [0.15, 0.2) is 0 Å². The molecule has 1 N–H and O–H groups in total. The highest BCUT2D eigenvalue weighted by Crippen LogP contribution is 2.29. The third-order valence-electron chi connectivity index (χ3n) is 2.46. The quantitative estimate of drug-likeness (QED) is 0.819. The van der Waals surface area contributed by atoms with Crippen LogP contribution in [-0.2, 0) is 4.79 Å². The zero-order valence-electron chi connectivity index (χ0n) is 10.4. The van der Waals surface area contributed by atoms with Gasteiger partial charge < -0.3 is 10.1 Å². The Kier molecular flexibility index (Phi) is 5.29. The molecular formula is C13H18ClNO2. The van der Waals surface area contributed by atoms with E-state index in [9.17, 15) is 4.79 Å². The summed E-state index contributed by atoms with van der Waals surface area (Å²) in [5, 5.41) is 2.81. The molecule has 0 aliphatic heterocycles. The first-order chi connectivity index (χ1) is 8.08. The summed E-state index contributed by atoms with van der Waals surface area (Å²) in [7, 11) is 1.65. The first kappa shape index (κ1) is 13.8. The second-order valence-electron chi connectivity index (χ2n) is 4.10. The second kappa shape index (κ2) is 6.50. The third-order valence-corrected chi connectivity index (χ3v) is 2.65. The monoisotopic (exact) mass is 255 g/mol. The second-order valence-corrected chi connectivity index (χ2v) is 4.48. The lowest BCUT2D eigenvalue weighted by molar-refractivity contribution is -0.115. The summed E-state index contributed by atoms with van der Waals surface area (Å²) in [6.45, 7) is 4.17. The summed E-state index contributed by atoms with van der Waals surface area (Å²) in [5.74, 6) is 1.45. The van der Waals surface area contributed by atoms with E-state index in [0.717, 1.165) is 17.0 Å². The molecule has 0 saturated carbocycles. The van der Waals surface area contributed by atoms with Crippen LogP contribution in [0.5, 0.6) is 5.75 Å². The molecule has 0 aromatic heterocycles. The largest absolute Gasteiger partial charge is 0.496 e. The van der Waals surface area contributed by atoms with Crippen molar-refractivity contribution in [3.05, 3.63) is 23.8 Å². The normalized spacial score (nSPS) is 10.4. The zero-order valence-corrected chi connectivity index (χ0v) is 11.2. The van der Waals surface area contributed by atoms with Crippen molar-refractivity contribution in [2.45, 2.75) is 26.2 Å². The molecule has 0 unspecified atom stereocenters. The summed E-state index contributed by atoms with van der Waals surface area (Å²) in [6, 6.07) is 5.64. The van der Waals surface area contributed by atoms with Gasteiger partial charge in [-0.05, 0) is 29.7 Å². The van der Waals surface area contributed by atoms with Crippen molar-refractivity contribution in [3.8, 4) is 5.75 Å². The Morgan fingerprint density at radius 1 is 1.47 bits per heavy atom. The fraction of sp³-hybridized carbons (Fsp3) is 0.462. The average Bonchev–Trinajstić information content (AvgIpc) is 2.29. The van der Waals surface area contributed by atoms with Crippen LogP contribution >= 0.6 is 11.6 Å². The predicted octanol–water partition coefficient (Wildman–Crippen LogP) is 3.39. The van der Waals surface area contributed by atoms with Crippen molar-refractivity contribution >= 4 is 23.2 Å². The van der Waals surface area contributed by atoms with Crippen molar-refractivity contribution in [2.75, 3.05) is 18.3 Å². The van der Waals surface area contributed by atoms with Crippen LogP contribution in [0.4, 0.5) is 5.69 Å². The first-order valence-electron chi connectivity index (χ1n) is 5.62. The van der Waals surface area contributed by atoms with Gasteiger partial charge in [-0.2, -0.15) is 0 Å². The number of carbonyl (C=O) groups is 1. The summed E-state index contributed by atoms with van der Waals surface area (Å²) in [5.41, 5.74) is 1.86. The number of anilines is 1. The minimum Gasteiger partial charge on any atom is -0.496 e. The van der Waals surface area contributed by atoms with Gasteiger partial charge in [0, 0.05) is 18.0 Å². The molecule has 0 atom stereocenters. The molecule has 0 saturated heterocycles. The van der Waals surface area contributed by atoms with Crippen LogP contribution in [0.1, 0.15) is 31.7 Å². The van der Waals surface area contributed by atoms with Crippen molar-refractivity contribution < 1.29 is 9.53 Å². The molecule has 3 nitrogen and oxygen atoms in total. The van der Waals surface area contributed by atoms with Crippen molar-refractivity contribution in [3.63, 3.8) is 0 Å². The summed E-state index contributed by atoms with van der Waals surface area (Å²) < 4.78 is 5.28. The Balaban J connectivity index is 2.88. The Labute approximate surface area is 107 Å². The Morgan fingerprint density at radius 3 is 2.71 bits per heavy atom. The van der Waals surface area contributed by atoms with Gasteiger partial charge in [-0.1, -0.05) is 13.8 Å². The van der Waals surface area contributed by atoms with Crippen LogP contribution in [0.15, 0.2) is 18.2 Å². The van der Waals surface area contributed by atoms with Crippen molar-refractivity contribution in [1.29, 1.82) is 0 Å². The highest BCUT2D eigenvalue weighted by molar-refractivity contribution is 6.19. The number of nitrogens with one attached hydrogen (secondary N) is 1. The van der Waals surface area contributed by atoms with E-state index in [1.54, 1.807) is 7.11 Å². The van der Waals surface area contributed by atoms with Gasteiger partial charge in [-0.25, -0.2) is 0 Å². The molecule has 1 amide bonds. The number of hydrogen-bond acceptors (Lipinski definition) is 2. The van der Waals surface area contributed by atoms with Crippen LogP contribution < -0.4 is 10.1 Å². The molecule has 1 aromatic rings. The van der Waals surface area contributed by atoms with Gasteiger partial charge in [0.1, 0.15) is 5.75 Å². The smallest absolute Gasteiger partial charge is 0.225 e. The zero-order chi connectivity index (χ0) is 12.8. The Hall–Kier alpha value is -1.22. The SMILES string of the molecule is COc1ccc(NC(=O)CCCl)cc1C(C)C. The maximum Gasteiger partial charge on any atom is 0.225 e. The minimum absolute atomic E-state index is 0.0696. The summed E-state index contributed by atoms with van der Waals surface area (Å²) in [6.07, 6.45) is 0.324. The molecule has 0 aliphatic carbocycles. The van der Waals surface area contributed by atoms with E-state index in [1.807, 2.05) is 18.2 Å². The van der Waals surface area contributed by atoms with Crippen molar-refractivity contribution in [1.82, 2.24) is 0 Å². The van der Waals surface area contributed by atoms with Crippen LogP contribution in [0, 0.1) is 0 Å². The molecule has 4 heteroatoms. The standard InChI is InChI=1S/C13H18ClNO2/c1-9(2)11-8-10(4-5-12(11)17-3)15-13(16)6-7-14/h4-5,8-9H,6-7H2,1-3H3,(H,15,16). The minimum atomic E-state index is -0.0696. The highest BCUT2D eigenvalue weighted by atomic mass is 35.5. The van der Waals surface area contributed by atoms with E-state index in [1.165, 1.54) is 0 Å². The van der Waals surface area contributed by atoms with Gasteiger partial charge in [-0.3, -0.25) is 4.79 Å². The Bertz CT molecular complexity index is 391. The maximum absolute atomic E-state index is 11.4. The lowest BCUT2D eigenvalue weighted by Gasteiger charge is -2.14. The van der Waals surface area contributed by atoms with Crippen LogP contribution in [0.25, 0.3) is 0 Å². The fourth-order valence-electron chi connectivity index (χ4n) is 1.57. The number of hydrogen-bond donors (Lipinski definition) is 1. The third kappa shape index (κ3) is 3.93. The topological polar surface area (TPSA) is 38.3 Å². The maximum atomic E-state index is 11.4. The van der Waals surface area contributed by atoms with Gasteiger partial charge in [0.05, 0.1) is 7.11 Å². The molecule has 0 heterocycles. The van der Waals surface area contributed by atoms with Crippen LogP contribution in [0.3, 0.4) is 0 Å². The molecule has 0 radical (unpaired) electrons. The van der Waals surface area contributed by atoms with Gasteiger partial charge in [0.25, 0.3) is 0 Å². The van der Waals surface area contributed by atoms with E-state index in [-0.39, 0.29) is 5.91 Å². The number of alkyl halides is 1. The summed E-state index contributed by atoms with van der Waals surface area (Å²) >= 11 is 5.51. The number of methoxy groups -OCH3 is 1. The number of carbonyl (C=O) groups excluding carboxylic acids is 1. The number of rotatable bonds is 5. The molecule has 17 heavy (non-hydrogen) atoms. The number of halogens is 1. The number of amides is 1. The van der Waals surface area contributed by atoms with Crippen LogP contribution in [0.2, 0.25) is 0 Å². The molecule has 94 valence electrons. The highest BCUT2D eigenvalue weighted by Gasteiger charge is 2.09. The summed E-state index contributed by atoms with van der Waals surface area (Å²) in [4.78, 5) is 11.4. The lowest BCUT2D eigenvalue weighted by atomic mass is 10.0. The van der Waals surface area contributed by atoms with E-state index in [4.69, 9.17) is 16.3 Å². The molecule has 0 bridgehead atoms. The molecular weight excluding hydrogens is 238 g/mol. The first-order valence-corrected chi connectivity index (χ1v) is 6.15. The molecule has 1 rings (SSSR count). The number of ether oxygens (including phenoxy) is 1. The molecule has 0 fully saturated rings. The van der Waals surface area contributed by atoms with Gasteiger partial charge >= 0.3 is 0 Å². The van der Waals surface area contributed by atoms with Crippen LogP contribution in [-0.4, -0.2) is 18.9 Å². The van der Waals surface area contributed by atoms with Gasteiger partial charge in [0.2, 0.25) is 5.91 Å². The Morgan fingerprint density at radius 2 is 2.18 bits per heavy atom. The molecule has 0 spiro atoms. The fourth-order valence-corrected chi connectivity index (χ4v) is 1.74. The lowest BCUT2D eigenvalue weighted by Crippen LogP contribution is -2.12. The molecule has 1 aromatic carbocycles. The van der Waals surface area contributed by atoms with E-state index < -0.39 is 0 Å². The van der Waals surface area contributed by atoms with E-state index in [2.05, 4.69) is 19.2 Å². The van der Waals surface area contributed by atoms with E-state index in [0.29, 0.717) is 18.2 Å². The van der Waals surface area contributed by atoms with E-state index >= 15 is 0 Å². The molecule has 0 aliphatic rings. The van der Waals surface area contributed by atoms with Gasteiger partial charge in [-0.15, -0.1) is 11.6 Å². The average molecular weight is 256 g/mol. The number of benzene rings is 1.